The summed E-state index contributed by atoms with van der Waals surface area (Å²) in [5.41, 5.74) is 0.284. The summed E-state index contributed by atoms with van der Waals surface area (Å²) in [5.74, 6) is 0.904. The Balaban J connectivity index is 1.70. The molecule has 146 valence electrons. The van der Waals surface area contributed by atoms with E-state index in [4.69, 9.17) is 9.73 Å². The molecule has 1 aromatic rings. The van der Waals surface area contributed by atoms with Crippen molar-refractivity contribution in [3.05, 3.63) is 17.0 Å². The van der Waals surface area contributed by atoms with Crippen molar-refractivity contribution in [2.24, 2.45) is 10.4 Å². The zero-order valence-electron chi connectivity index (χ0n) is 15.7. The summed E-state index contributed by atoms with van der Waals surface area (Å²) < 4.78 is 31.6. The van der Waals surface area contributed by atoms with E-state index in [2.05, 4.69) is 17.1 Å². The van der Waals surface area contributed by atoms with Gasteiger partial charge in [-0.1, -0.05) is 0 Å². The van der Waals surface area contributed by atoms with Gasteiger partial charge in [0, 0.05) is 50.6 Å². The standard InChI is InChI=1S/C17H28N4O3S2/c1-4-18-16(21-9-7-17(12-21)8-10-24-13-17)19-11-14-5-6-15(25-14)26(22,23)20(2)3/h5-6H,4,7-13H2,1-3H3,(H,18,19). The van der Waals surface area contributed by atoms with Crippen LogP contribution in [-0.2, 0) is 21.3 Å². The molecule has 0 aromatic carbocycles. The van der Waals surface area contributed by atoms with E-state index in [1.807, 2.05) is 6.07 Å². The van der Waals surface area contributed by atoms with E-state index in [-0.39, 0.29) is 5.41 Å². The lowest BCUT2D eigenvalue weighted by Gasteiger charge is -2.24. The Morgan fingerprint density at radius 1 is 1.42 bits per heavy atom. The fraction of sp³-hybridized carbons (Fsp3) is 0.706. The Morgan fingerprint density at radius 2 is 2.23 bits per heavy atom. The zero-order valence-corrected chi connectivity index (χ0v) is 17.3. The molecule has 1 N–H and O–H groups in total. The fourth-order valence-electron chi connectivity index (χ4n) is 3.43. The van der Waals surface area contributed by atoms with Crippen molar-refractivity contribution >= 4 is 27.3 Å². The maximum Gasteiger partial charge on any atom is 0.252 e. The van der Waals surface area contributed by atoms with Gasteiger partial charge in [-0.3, -0.25) is 0 Å². The van der Waals surface area contributed by atoms with Crippen LogP contribution in [0.5, 0.6) is 0 Å². The van der Waals surface area contributed by atoms with Crippen molar-refractivity contribution < 1.29 is 13.2 Å². The van der Waals surface area contributed by atoms with E-state index < -0.39 is 10.0 Å². The molecule has 0 saturated carbocycles. The van der Waals surface area contributed by atoms with Crippen molar-refractivity contribution in [1.82, 2.24) is 14.5 Å². The monoisotopic (exact) mass is 400 g/mol. The smallest absolute Gasteiger partial charge is 0.252 e. The van der Waals surface area contributed by atoms with Gasteiger partial charge in [0.05, 0.1) is 13.2 Å². The molecule has 0 bridgehead atoms. The highest BCUT2D eigenvalue weighted by molar-refractivity contribution is 7.91. The van der Waals surface area contributed by atoms with Crippen LogP contribution in [-0.4, -0.2) is 70.5 Å². The molecular weight excluding hydrogens is 372 g/mol. The number of aliphatic imine (C=N–C) groups is 1. The molecule has 2 saturated heterocycles. The van der Waals surface area contributed by atoms with Crippen molar-refractivity contribution in [2.75, 3.05) is 46.9 Å². The summed E-state index contributed by atoms with van der Waals surface area (Å²) >= 11 is 1.29. The molecule has 0 aliphatic carbocycles. The Hall–Kier alpha value is -1.16. The number of nitrogens with one attached hydrogen (secondary N) is 1. The van der Waals surface area contributed by atoms with Gasteiger partial charge in [0.25, 0.3) is 10.0 Å². The second-order valence-electron chi connectivity index (χ2n) is 7.15. The third kappa shape index (κ3) is 4.05. The number of rotatable bonds is 5. The van der Waals surface area contributed by atoms with Crippen LogP contribution < -0.4 is 5.32 Å². The highest BCUT2D eigenvalue weighted by atomic mass is 32.2. The van der Waals surface area contributed by atoms with Crippen LogP contribution in [0.2, 0.25) is 0 Å². The fourth-order valence-corrected chi connectivity index (χ4v) is 5.88. The normalized spacial score (nSPS) is 24.2. The predicted molar refractivity (Wildman–Crippen MR) is 104 cm³/mol. The third-order valence-electron chi connectivity index (χ3n) is 5.01. The van der Waals surface area contributed by atoms with E-state index >= 15 is 0 Å². The minimum atomic E-state index is -3.37. The molecule has 0 amide bonds. The Labute approximate surface area is 160 Å². The van der Waals surface area contributed by atoms with Crippen LogP contribution in [0.25, 0.3) is 0 Å². The molecule has 1 spiro atoms. The van der Waals surface area contributed by atoms with Gasteiger partial charge in [-0.15, -0.1) is 11.3 Å². The van der Waals surface area contributed by atoms with E-state index in [0.717, 1.165) is 56.5 Å². The molecule has 9 heteroatoms. The third-order valence-corrected chi connectivity index (χ3v) is 8.37. The lowest BCUT2D eigenvalue weighted by molar-refractivity contribution is 0.156. The molecule has 1 atom stereocenters. The molecule has 2 fully saturated rings. The largest absolute Gasteiger partial charge is 0.381 e. The molecule has 3 heterocycles. The van der Waals surface area contributed by atoms with Gasteiger partial charge in [0.15, 0.2) is 5.96 Å². The molecule has 7 nitrogen and oxygen atoms in total. The maximum atomic E-state index is 12.2. The van der Waals surface area contributed by atoms with Gasteiger partial charge in [-0.05, 0) is 31.9 Å². The number of ether oxygens (including phenoxy) is 1. The SMILES string of the molecule is CCNC(=NCc1ccc(S(=O)(=O)N(C)C)s1)N1CCC2(CCOC2)C1. The molecular formula is C17H28N4O3S2. The van der Waals surface area contributed by atoms with Gasteiger partial charge in [0.1, 0.15) is 4.21 Å². The second-order valence-corrected chi connectivity index (χ2v) is 10.7. The van der Waals surface area contributed by atoms with Crippen LogP contribution in [0.3, 0.4) is 0 Å². The number of likely N-dealkylation sites (tertiary alicyclic amines) is 1. The summed E-state index contributed by atoms with van der Waals surface area (Å²) in [6.07, 6.45) is 2.27. The average Bonchev–Trinajstić information content (AvgIpc) is 3.34. The van der Waals surface area contributed by atoms with Gasteiger partial charge >= 0.3 is 0 Å². The number of thiophene rings is 1. The number of guanidine groups is 1. The zero-order chi connectivity index (χ0) is 18.8. The number of hydrogen-bond acceptors (Lipinski definition) is 5. The van der Waals surface area contributed by atoms with E-state index in [1.54, 1.807) is 20.2 Å². The molecule has 26 heavy (non-hydrogen) atoms. The summed E-state index contributed by atoms with van der Waals surface area (Å²) in [6, 6.07) is 3.52. The minimum absolute atomic E-state index is 0.284. The van der Waals surface area contributed by atoms with Crippen molar-refractivity contribution in [2.45, 2.75) is 30.5 Å². The van der Waals surface area contributed by atoms with E-state index in [0.29, 0.717) is 10.8 Å². The van der Waals surface area contributed by atoms with Crippen molar-refractivity contribution in [3.8, 4) is 0 Å². The Kier molecular flexibility index (Phi) is 5.91. The molecule has 1 unspecified atom stereocenters. The van der Waals surface area contributed by atoms with Gasteiger partial charge in [-0.25, -0.2) is 17.7 Å². The first-order chi connectivity index (χ1) is 12.4. The van der Waals surface area contributed by atoms with E-state index in [1.165, 1.54) is 15.6 Å². The number of sulfonamides is 1. The molecule has 1 aromatic heterocycles. The van der Waals surface area contributed by atoms with Crippen molar-refractivity contribution in [1.29, 1.82) is 0 Å². The Bertz CT molecular complexity index is 752. The Morgan fingerprint density at radius 3 is 2.88 bits per heavy atom. The topological polar surface area (TPSA) is 74.2 Å². The first-order valence-electron chi connectivity index (χ1n) is 8.99. The highest BCUT2D eigenvalue weighted by Gasteiger charge is 2.42. The summed E-state index contributed by atoms with van der Waals surface area (Å²) in [6.45, 7) is 7.02. The van der Waals surface area contributed by atoms with Gasteiger partial charge < -0.3 is 15.0 Å². The first kappa shape index (κ1) is 19.6. The van der Waals surface area contributed by atoms with E-state index in [9.17, 15) is 8.42 Å². The van der Waals surface area contributed by atoms with Gasteiger partial charge in [-0.2, -0.15) is 0 Å². The summed E-state index contributed by atoms with van der Waals surface area (Å²) in [4.78, 5) is 8.01. The highest BCUT2D eigenvalue weighted by Crippen LogP contribution is 2.38. The van der Waals surface area contributed by atoms with Crippen LogP contribution in [0.1, 0.15) is 24.6 Å². The number of hydrogen-bond donors (Lipinski definition) is 1. The van der Waals surface area contributed by atoms with Crippen molar-refractivity contribution in [3.63, 3.8) is 0 Å². The molecule has 0 radical (unpaired) electrons. The molecule has 3 rings (SSSR count). The predicted octanol–water partition coefficient (Wildman–Crippen LogP) is 1.58. The lowest BCUT2D eigenvalue weighted by Crippen LogP contribution is -2.41. The second kappa shape index (κ2) is 7.84. The van der Waals surface area contributed by atoms with Crippen LogP contribution in [0.15, 0.2) is 21.3 Å². The first-order valence-corrected chi connectivity index (χ1v) is 11.2. The van der Waals surface area contributed by atoms with Gasteiger partial charge in [0.2, 0.25) is 0 Å². The minimum Gasteiger partial charge on any atom is -0.381 e. The average molecular weight is 401 g/mol. The van der Waals surface area contributed by atoms with Crippen LogP contribution >= 0.6 is 11.3 Å². The summed E-state index contributed by atoms with van der Waals surface area (Å²) in [5, 5.41) is 3.37. The number of nitrogens with zero attached hydrogens (tertiary/aromatic N) is 3. The molecule has 2 aliphatic heterocycles. The van der Waals surface area contributed by atoms with Crippen LogP contribution in [0.4, 0.5) is 0 Å². The lowest BCUT2D eigenvalue weighted by atomic mass is 9.87. The summed E-state index contributed by atoms with van der Waals surface area (Å²) in [7, 11) is -0.277. The van der Waals surface area contributed by atoms with Crippen LogP contribution in [0, 0.1) is 5.41 Å². The quantitative estimate of drug-likeness (QED) is 0.600. The molecule has 2 aliphatic rings. The maximum absolute atomic E-state index is 12.2.